The summed E-state index contributed by atoms with van der Waals surface area (Å²) in [6, 6.07) is 20.1. The van der Waals surface area contributed by atoms with E-state index in [1.807, 2.05) is 0 Å². The lowest BCUT2D eigenvalue weighted by atomic mass is 9.99. The highest BCUT2D eigenvalue weighted by atomic mass is 127. The fraction of sp³-hybridized carbons (Fsp3) is 0.333. The van der Waals surface area contributed by atoms with Gasteiger partial charge in [0.1, 0.15) is 0 Å². The van der Waals surface area contributed by atoms with Gasteiger partial charge in [-0.1, -0.05) is 49.4 Å². The zero-order valence-corrected chi connectivity index (χ0v) is 14.1. The topological polar surface area (TPSA) is 12.0 Å². The van der Waals surface area contributed by atoms with Crippen LogP contribution in [0.4, 0.5) is 0 Å². The number of hydrogen-bond acceptors (Lipinski definition) is 1. The smallest absolute Gasteiger partial charge is 0.0323 e. The second kappa shape index (κ2) is 8.42. The SMILES string of the molecule is CCCNC(CCc1ccc(I)cc1)c1ccccc1. The van der Waals surface area contributed by atoms with Crippen molar-refractivity contribution in [3.05, 3.63) is 69.3 Å². The molecule has 0 radical (unpaired) electrons. The Kier molecular flexibility index (Phi) is 6.54. The van der Waals surface area contributed by atoms with Crippen molar-refractivity contribution < 1.29 is 0 Å². The maximum atomic E-state index is 3.67. The third-order valence-corrected chi connectivity index (χ3v) is 4.20. The van der Waals surface area contributed by atoms with Crippen LogP contribution in [-0.4, -0.2) is 6.54 Å². The molecule has 0 heterocycles. The molecule has 20 heavy (non-hydrogen) atoms. The van der Waals surface area contributed by atoms with E-state index >= 15 is 0 Å². The van der Waals surface area contributed by atoms with E-state index in [4.69, 9.17) is 0 Å². The first-order valence-electron chi connectivity index (χ1n) is 7.32. The van der Waals surface area contributed by atoms with Crippen molar-refractivity contribution in [1.29, 1.82) is 0 Å². The summed E-state index contributed by atoms with van der Waals surface area (Å²) in [5.41, 5.74) is 2.82. The van der Waals surface area contributed by atoms with Gasteiger partial charge in [-0.2, -0.15) is 0 Å². The highest BCUT2D eigenvalue weighted by Gasteiger charge is 2.10. The van der Waals surface area contributed by atoms with E-state index in [1.54, 1.807) is 0 Å². The molecule has 0 spiro atoms. The molecular formula is C18H22IN. The first kappa shape index (κ1) is 15.5. The zero-order valence-electron chi connectivity index (χ0n) is 12.0. The van der Waals surface area contributed by atoms with Crippen molar-refractivity contribution in [2.45, 2.75) is 32.2 Å². The third-order valence-electron chi connectivity index (χ3n) is 3.48. The Balaban J connectivity index is 1.99. The highest BCUT2D eigenvalue weighted by molar-refractivity contribution is 14.1. The summed E-state index contributed by atoms with van der Waals surface area (Å²) in [7, 11) is 0. The van der Waals surface area contributed by atoms with Crippen LogP contribution < -0.4 is 5.32 Å². The number of benzene rings is 2. The van der Waals surface area contributed by atoms with Crippen LogP contribution in [0, 0.1) is 3.57 Å². The summed E-state index contributed by atoms with van der Waals surface area (Å²) in [5.74, 6) is 0. The van der Waals surface area contributed by atoms with Crippen molar-refractivity contribution in [3.63, 3.8) is 0 Å². The van der Waals surface area contributed by atoms with Gasteiger partial charge in [-0.05, 0) is 71.7 Å². The average Bonchev–Trinajstić information content (AvgIpc) is 2.50. The van der Waals surface area contributed by atoms with Gasteiger partial charge >= 0.3 is 0 Å². The molecule has 106 valence electrons. The fourth-order valence-corrected chi connectivity index (χ4v) is 2.71. The molecule has 2 rings (SSSR count). The Hall–Kier alpha value is -0.870. The number of hydrogen-bond donors (Lipinski definition) is 1. The second-order valence-corrected chi connectivity index (χ2v) is 6.33. The molecule has 2 heteroatoms. The Morgan fingerprint density at radius 3 is 2.35 bits per heavy atom. The summed E-state index contributed by atoms with van der Waals surface area (Å²) in [4.78, 5) is 0. The van der Waals surface area contributed by atoms with E-state index in [-0.39, 0.29) is 0 Å². The van der Waals surface area contributed by atoms with Crippen LogP contribution >= 0.6 is 22.6 Å². The molecule has 0 aromatic heterocycles. The van der Waals surface area contributed by atoms with Crippen LogP contribution in [0.25, 0.3) is 0 Å². The number of nitrogens with one attached hydrogen (secondary N) is 1. The maximum Gasteiger partial charge on any atom is 0.0323 e. The van der Waals surface area contributed by atoms with E-state index < -0.39 is 0 Å². The molecule has 1 unspecified atom stereocenters. The van der Waals surface area contributed by atoms with Crippen LogP contribution in [0.3, 0.4) is 0 Å². The molecule has 0 amide bonds. The van der Waals surface area contributed by atoms with Gasteiger partial charge in [0.05, 0.1) is 0 Å². The summed E-state index contributed by atoms with van der Waals surface area (Å²) in [6.07, 6.45) is 3.44. The number of aryl methyl sites for hydroxylation is 1. The fourth-order valence-electron chi connectivity index (χ4n) is 2.35. The minimum atomic E-state index is 0.454. The molecule has 0 aliphatic heterocycles. The van der Waals surface area contributed by atoms with E-state index in [2.05, 4.69) is 89.4 Å². The van der Waals surface area contributed by atoms with E-state index in [0.29, 0.717) is 6.04 Å². The van der Waals surface area contributed by atoms with Gasteiger partial charge in [-0.25, -0.2) is 0 Å². The highest BCUT2D eigenvalue weighted by Crippen LogP contribution is 2.19. The number of halogens is 1. The van der Waals surface area contributed by atoms with Crippen LogP contribution in [0.15, 0.2) is 54.6 Å². The zero-order chi connectivity index (χ0) is 14.2. The van der Waals surface area contributed by atoms with E-state index in [0.717, 1.165) is 19.4 Å². The van der Waals surface area contributed by atoms with Crippen molar-refractivity contribution in [2.24, 2.45) is 0 Å². The second-order valence-electron chi connectivity index (χ2n) is 5.08. The van der Waals surface area contributed by atoms with Gasteiger partial charge in [0.2, 0.25) is 0 Å². The summed E-state index contributed by atoms with van der Waals surface area (Å²) >= 11 is 2.35. The first-order valence-corrected chi connectivity index (χ1v) is 8.40. The van der Waals surface area contributed by atoms with Crippen molar-refractivity contribution in [3.8, 4) is 0 Å². The molecular weight excluding hydrogens is 357 g/mol. The van der Waals surface area contributed by atoms with E-state index in [9.17, 15) is 0 Å². The normalized spacial score (nSPS) is 12.3. The predicted molar refractivity (Wildman–Crippen MR) is 95.0 cm³/mol. The monoisotopic (exact) mass is 379 g/mol. The minimum Gasteiger partial charge on any atom is -0.310 e. The standard InChI is InChI=1S/C18H22IN/c1-2-14-20-18(16-6-4-3-5-7-16)13-10-15-8-11-17(19)12-9-15/h3-9,11-12,18,20H,2,10,13-14H2,1H3. The summed E-state index contributed by atoms with van der Waals surface area (Å²) in [5, 5.41) is 3.67. The van der Waals surface area contributed by atoms with Crippen LogP contribution in [-0.2, 0) is 6.42 Å². The average molecular weight is 379 g/mol. The molecule has 0 aliphatic rings. The van der Waals surface area contributed by atoms with Crippen LogP contribution in [0.2, 0.25) is 0 Å². The van der Waals surface area contributed by atoms with Crippen LogP contribution in [0.5, 0.6) is 0 Å². The van der Waals surface area contributed by atoms with Crippen molar-refractivity contribution in [1.82, 2.24) is 5.32 Å². The quantitative estimate of drug-likeness (QED) is 0.671. The Morgan fingerprint density at radius 2 is 1.70 bits per heavy atom. The predicted octanol–water partition coefficient (Wildman–Crippen LogP) is 4.96. The lowest BCUT2D eigenvalue weighted by molar-refractivity contribution is 0.499. The van der Waals surface area contributed by atoms with Crippen LogP contribution in [0.1, 0.15) is 36.9 Å². The largest absolute Gasteiger partial charge is 0.310 e. The van der Waals surface area contributed by atoms with Gasteiger partial charge in [0, 0.05) is 9.61 Å². The molecule has 1 N–H and O–H groups in total. The molecule has 0 aliphatic carbocycles. The minimum absolute atomic E-state index is 0.454. The molecule has 0 saturated heterocycles. The van der Waals surface area contributed by atoms with Gasteiger partial charge in [0.25, 0.3) is 0 Å². The van der Waals surface area contributed by atoms with Gasteiger partial charge in [0.15, 0.2) is 0 Å². The molecule has 0 saturated carbocycles. The molecule has 0 bridgehead atoms. The van der Waals surface area contributed by atoms with Crippen molar-refractivity contribution >= 4 is 22.6 Å². The Morgan fingerprint density at radius 1 is 1.00 bits per heavy atom. The summed E-state index contributed by atoms with van der Waals surface area (Å²) in [6.45, 7) is 3.29. The molecule has 1 atom stereocenters. The lowest BCUT2D eigenvalue weighted by Crippen LogP contribution is -2.22. The maximum absolute atomic E-state index is 3.67. The first-order chi connectivity index (χ1) is 9.79. The molecule has 2 aromatic rings. The number of rotatable bonds is 7. The molecule has 0 fully saturated rings. The van der Waals surface area contributed by atoms with Gasteiger partial charge < -0.3 is 5.32 Å². The third kappa shape index (κ3) is 4.91. The van der Waals surface area contributed by atoms with Gasteiger partial charge in [-0.3, -0.25) is 0 Å². The summed E-state index contributed by atoms with van der Waals surface area (Å²) < 4.78 is 1.30. The Labute approximate surface area is 135 Å². The molecule has 2 aromatic carbocycles. The van der Waals surface area contributed by atoms with Crippen molar-refractivity contribution in [2.75, 3.05) is 6.54 Å². The van der Waals surface area contributed by atoms with Gasteiger partial charge in [-0.15, -0.1) is 0 Å². The molecule has 1 nitrogen and oxygen atoms in total. The lowest BCUT2D eigenvalue weighted by Gasteiger charge is -2.19. The van der Waals surface area contributed by atoms with E-state index in [1.165, 1.54) is 21.1 Å². The Bertz CT molecular complexity index is 493.